The van der Waals surface area contributed by atoms with E-state index in [4.69, 9.17) is 0 Å². The van der Waals surface area contributed by atoms with Crippen LogP contribution < -0.4 is 0 Å². The van der Waals surface area contributed by atoms with Crippen molar-refractivity contribution in [2.45, 2.75) is 0 Å². The highest BCUT2D eigenvalue weighted by molar-refractivity contribution is 7.35. The van der Waals surface area contributed by atoms with Crippen molar-refractivity contribution in [1.29, 1.82) is 0 Å². The molecule has 1 heterocycles. The van der Waals surface area contributed by atoms with E-state index < -0.39 is 10.8 Å². The van der Waals surface area contributed by atoms with Crippen molar-refractivity contribution in [2.75, 3.05) is 0 Å². The summed E-state index contributed by atoms with van der Waals surface area (Å²) in [6.07, 6.45) is 0. The van der Waals surface area contributed by atoms with Crippen LogP contribution in [0.4, 0.5) is 0 Å². The summed E-state index contributed by atoms with van der Waals surface area (Å²) in [4.78, 5) is 13.6. The molecule has 0 spiro atoms. The highest BCUT2D eigenvalue weighted by atomic mass is 32.2. The molecule has 0 amide bonds. The lowest BCUT2D eigenvalue weighted by Crippen LogP contribution is -2.02. The summed E-state index contributed by atoms with van der Waals surface area (Å²) < 4.78 is 13.7. The molecule has 0 saturated carbocycles. The monoisotopic (exact) mass is 362 g/mol. The number of thiophene rings is 1. The number of rotatable bonds is 3. The molecule has 1 aromatic heterocycles. The Hall–Kier alpha value is -3.15. The number of fused-ring (bicyclic) bond motifs is 1. The van der Waals surface area contributed by atoms with Gasteiger partial charge in [-0.3, -0.25) is 4.79 Å². The Morgan fingerprint density at radius 1 is 0.808 bits per heavy atom. The van der Waals surface area contributed by atoms with Crippen molar-refractivity contribution in [3.63, 3.8) is 0 Å². The molecule has 2 N–H and O–H groups in total. The first-order valence-electron chi connectivity index (χ1n) is 7.95. The van der Waals surface area contributed by atoms with Crippen molar-refractivity contribution in [3.8, 4) is 21.9 Å². The molecule has 0 aliphatic rings. The zero-order valence-corrected chi connectivity index (χ0v) is 14.4. The van der Waals surface area contributed by atoms with E-state index in [1.54, 1.807) is 48.5 Å². The van der Waals surface area contributed by atoms with Gasteiger partial charge in [0.2, 0.25) is 0 Å². The van der Waals surface area contributed by atoms with Gasteiger partial charge in [0.1, 0.15) is 11.5 Å². The fraction of sp³-hybridized carbons (Fsp3) is 0. The van der Waals surface area contributed by atoms with E-state index in [0.29, 0.717) is 31.7 Å². The van der Waals surface area contributed by atoms with E-state index in [-0.39, 0.29) is 17.3 Å². The molecule has 5 heteroatoms. The molecular formula is C21H14O4S. The Morgan fingerprint density at radius 3 is 2.04 bits per heavy atom. The van der Waals surface area contributed by atoms with Gasteiger partial charge in [-0.25, -0.2) is 0 Å². The van der Waals surface area contributed by atoms with Gasteiger partial charge in [-0.2, -0.15) is 0 Å². The van der Waals surface area contributed by atoms with Gasteiger partial charge in [0.25, 0.3) is 0 Å². The maximum Gasteiger partial charge on any atom is 0.199 e. The normalized spacial score (nSPS) is 11.7. The van der Waals surface area contributed by atoms with E-state index in [1.165, 1.54) is 24.3 Å². The fourth-order valence-electron chi connectivity index (χ4n) is 3.01. The minimum absolute atomic E-state index is 0.0738. The first-order valence-corrected chi connectivity index (χ1v) is 9.10. The number of ketones is 1. The maximum absolute atomic E-state index is 13.2. The van der Waals surface area contributed by atoms with Crippen LogP contribution >= 0.6 is 10.8 Å². The highest BCUT2D eigenvalue weighted by Gasteiger charge is 2.29. The van der Waals surface area contributed by atoms with E-state index in [9.17, 15) is 19.6 Å². The van der Waals surface area contributed by atoms with Crippen LogP contribution in [-0.2, 0) is 0 Å². The molecule has 0 bridgehead atoms. The Labute approximate surface area is 152 Å². The second-order valence-corrected chi connectivity index (χ2v) is 7.28. The summed E-state index contributed by atoms with van der Waals surface area (Å²) in [5.74, 6) is -0.0851. The van der Waals surface area contributed by atoms with Gasteiger partial charge >= 0.3 is 0 Å². The minimum Gasteiger partial charge on any atom is -0.590 e. The van der Waals surface area contributed by atoms with E-state index in [0.717, 1.165) is 0 Å². The molecule has 26 heavy (non-hydrogen) atoms. The summed E-state index contributed by atoms with van der Waals surface area (Å²) in [5, 5.41) is 19.6. The molecule has 0 aliphatic heterocycles. The lowest BCUT2D eigenvalue weighted by atomic mass is 9.97. The number of carbonyl (C=O) groups excluding carboxylic acids is 1. The summed E-state index contributed by atoms with van der Waals surface area (Å²) in [5.41, 5.74) is 1.41. The zero-order valence-electron chi connectivity index (χ0n) is 13.5. The first-order chi connectivity index (χ1) is 12.6. The largest absolute Gasteiger partial charge is 0.590 e. The van der Waals surface area contributed by atoms with Crippen molar-refractivity contribution in [1.82, 2.24) is 0 Å². The summed E-state index contributed by atoms with van der Waals surface area (Å²) in [6, 6.07) is 19.4. The zero-order chi connectivity index (χ0) is 18.3. The number of aromatic hydroxyl groups is 2. The Bertz CT molecular complexity index is 1110. The van der Waals surface area contributed by atoms with E-state index in [1.807, 2.05) is 0 Å². The Balaban J connectivity index is 2.00. The molecule has 1 atom stereocenters. The molecule has 0 saturated heterocycles. The third-order valence-electron chi connectivity index (χ3n) is 4.25. The number of hydrogen-bond acceptors (Lipinski definition) is 4. The molecule has 4 rings (SSSR count). The quantitative estimate of drug-likeness (QED) is 0.402. The predicted molar refractivity (Wildman–Crippen MR) is 101 cm³/mol. The van der Waals surface area contributed by atoms with Crippen molar-refractivity contribution < 1.29 is 19.6 Å². The first kappa shape index (κ1) is 16.3. The Morgan fingerprint density at radius 2 is 1.38 bits per heavy atom. The Kier molecular flexibility index (Phi) is 3.95. The van der Waals surface area contributed by atoms with E-state index in [2.05, 4.69) is 0 Å². The van der Waals surface area contributed by atoms with Crippen LogP contribution in [-0.4, -0.2) is 20.5 Å². The SMILES string of the molecule is O=C(c1ccc(O)cc1)c1c(-c2ccc(O)cc2)[s+]([O-])c2ccccc12. The van der Waals surface area contributed by atoms with Crippen LogP contribution in [0.15, 0.2) is 72.8 Å². The molecule has 4 aromatic rings. The van der Waals surface area contributed by atoms with Crippen LogP contribution in [0.3, 0.4) is 0 Å². The second-order valence-electron chi connectivity index (χ2n) is 5.89. The van der Waals surface area contributed by atoms with Crippen molar-refractivity contribution >= 4 is 26.6 Å². The number of benzene rings is 3. The summed E-state index contributed by atoms with van der Waals surface area (Å²) >= 11 is 0. The smallest absolute Gasteiger partial charge is 0.199 e. The molecular weight excluding hydrogens is 348 g/mol. The molecule has 4 nitrogen and oxygen atoms in total. The molecule has 1 unspecified atom stereocenters. The standard InChI is InChI=1S/C21H14O4S/c22-15-9-5-13(6-10-15)20(24)19-17-3-1-2-4-18(17)26(25)21(19)14-7-11-16(23)12-8-14/h1-12,22-23H. The van der Waals surface area contributed by atoms with Gasteiger partial charge in [0.15, 0.2) is 15.4 Å². The van der Waals surface area contributed by atoms with Crippen LogP contribution in [0.25, 0.3) is 20.5 Å². The molecule has 3 aromatic carbocycles. The molecule has 0 radical (unpaired) electrons. The fourth-order valence-corrected chi connectivity index (χ4v) is 4.54. The molecule has 0 fully saturated rings. The van der Waals surface area contributed by atoms with Crippen LogP contribution in [0.1, 0.15) is 15.9 Å². The molecule has 128 valence electrons. The minimum atomic E-state index is -1.49. The predicted octanol–water partition coefficient (Wildman–Crippen LogP) is 4.88. The second kappa shape index (κ2) is 6.29. The molecule has 0 aliphatic carbocycles. The number of phenolic OH excluding ortho intramolecular Hbond substituents is 2. The van der Waals surface area contributed by atoms with Gasteiger partial charge < -0.3 is 14.8 Å². The number of carbonyl (C=O) groups is 1. The lowest BCUT2D eigenvalue weighted by Gasteiger charge is -2.04. The van der Waals surface area contributed by atoms with Gasteiger partial charge in [-0.05, 0) is 71.4 Å². The number of phenols is 2. The highest BCUT2D eigenvalue weighted by Crippen LogP contribution is 2.45. The van der Waals surface area contributed by atoms with Gasteiger partial charge in [0.05, 0.1) is 10.9 Å². The van der Waals surface area contributed by atoms with Gasteiger partial charge in [-0.1, -0.05) is 12.1 Å². The third kappa shape index (κ3) is 2.63. The van der Waals surface area contributed by atoms with Crippen molar-refractivity contribution in [3.05, 3.63) is 83.9 Å². The number of hydrogen-bond donors (Lipinski definition) is 2. The van der Waals surface area contributed by atoms with Gasteiger partial charge in [-0.15, -0.1) is 0 Å². The summed E-state index contributed by atoms with van der Waals surface area (Å²) in [7, 11) is -1.49. The third-order valence-corrected chi connectivity index (χ3v) is 5.82. The maximum atomic E-state index is 13.2. The average molecular weight is 362 g/mol. The topological polar surface area (TPSA) is 80.6 Å². The van der Waals surface area contributed by atoms with E-state index >= 15 is 0 Å². The van der Waals surface area contributed by atoms with Crippen LogP contribution in [0, 0.1) is 0 Å². The summed E-state index contributed by atoms with van der Waals surface area (Å²) in [6.45, 7) is 0. The van der Waals surface area contributed by atoms with Crippen LogP contribution in [0.5, 0.6) is 11.5 Å². The van der Waals surface area contributed by atoms with Crippen LogP contribution in [0.2, 0.25) is 0 Å². The van der Waals surface area contributed by atoms with Gasteiger partial charge in [0, 0.05) is 11.1 Å². The lowest BCUT2D eigenvalue weighted by molar-refractivity contribution is 0.104. The average Bonchev–Trinajstić information content (AvgIpc) is 2.95. The van der Waals surface area contributed by atoms with Crippen molar-refractivity contribution in [2.24, 2.45) is 0 Å².